The van der Waals surface area contributed by atoms with Crippen LogP contribution in [0.1, 0.15) is 26.4 Å². The number of amides is 3. The molecule has 3 heterocycles. The molecule has 0 atom stereocenters. The highest BCUT2D eigenvalue weighted by Gasteiger charge is 2.27. The third-order valence-electron chi connectivity index (χ3n) is 5.11. The molecule has 0 aliphatic carbocycles. The number of para-hydroxylation sites is 1. The Bertz CT molecular complexity index is 890. The van der Waals surface area contributed by atoms with Crippen molar-refractivity contribution < 1.29 is 14.4 Å². The Morgan fingerprint density at radius 3 is 2.52 bits per heavy atom. The number of fused-ring (bicyclic) bond motifs is 1. The average Bonchev–Trinajstić information content (AvgIpc) is 3.17. The van der Waals surface area contributed by atoms with Crippen LogP contribution in [0.4, 0.5) is 5.69 Å². The standard InChI is InChI=1S/C20H20N4O3/c25-14-22-9-11-23(12-10-22)20(27)17-13-16(5-7-21-17)19(26)24-8-6-15-3-1-2-4-18(15)24/h1-5,7,13-14H,6,8-12H2. The molecule has 2 aliphatic heterocycles. The van der Waals surface area contributed by atoms with Gasteiger partial charge in [-0.05, 0) is 30.2 Å². The Kier molecular flexibility index (Phi) is 4.58. The van der Waals surface area contributed by atoms with E-state index in [1.807, 2.05) is 24.3 Å². The van der Waals surface area contributed by atoms with E-state index in [2.05, 4.69) is 4.98 Å². The fraction of sp³-hybridized carbons (Fsp3) is 0.300. The lowest BCUT2D eigenvalue weighted by Crippen LogP contribution is -2.48. The highest BCUT2D eigenvalue weighted by molar-refractivity contribution is 6.08. The monoisotopic (exact) mass is 364 g/mol. The van der Waals surface area contributed by atoms with Crippen molar-refractivity contribution in [2.75, 3.05) is 37.6 Å². The van der Waals surface area contributed by atoms with Crippen molar-refractivity contribution in [1.82, 2.24) is 14.8 Å². The summed E-state index contributed by atoms with van der Waals surface area (Å²) in [7, 11) is 0. The van der Waals surface area contributed by atoms with Gasteiger partial charge in [-0.2, -0.15) is 0 Å². The van der Waals surface area contributed by atoms with E-state index in [-0.39, 0.29) is 17.5 Å². The van der Waals surface area contributed by atoms with Gasteiger partial charge < -0.3 is 14.7 Å². The average molecular weight is 364 g/mol. The first-order valence-corrected chi connectivity index (χ1v) is 9.02. The van der Waals surface area contributed by atoms with E-state index >= 15 is 0 Å². The van der Waals surface area contributed by atoms with Crippen molar-refractivity contribution in [2.45, 2.75) is 6.42 Å². The van der Waals surface area contributed by atoms with E-state index in [0.29, 0.717) is 38.3 Å². The van der Waals surface area contributed by atoms with Gasteiger partial charge in [-0.3, -0.25) is 19.4 Å². The second-order valence-electron chi connectivity index (χ2n) is 6.70. The molecule has 0 bridgehead atoms. The molecule has 1 aromatic heterocycles. The molecule has 1 saturated heterocycles. The largest absolute Gasteiger partial charge is 0.342 e. The van der Waals surface area contributed by atoms with Crippen molar-refractivity contribution in [3.63, 3.8) is 0 Å². The summed E-state index contributed by atoms with van der Waals surface area (Å²) >= 11 is 0. The number of pyridine rings is 1. The van der Waals surface area contributed by atoms with Crippen molar-refractivity contribution in [3.8, 4) is 0 Å². The van der Waals surface area contributed by atoms with E-state index < -0.39 is 0 Å². The van der Waals surface area contributed by atoms with Crippen molar-refractivity contribution >= 4 is 23.9 Å². The summed E-state index contributed by atoms with van der Waals surface area (Å²) in [6, 6.07) is 11.1. The van der Waals surface area contributed by atoms with Gasteiger partial charge >= 0.3 is 0 Å². The Morgan fingerprint density at radius 2 is 1.74 bits per heavy atom. The maximum absolute atomic E-state index is 13.0. The van der Waals surface area contributed by atoms with Crippen LogP contribution < -0.4 is 4.90 Å². The zero-order valence-electron chi connectivity index (χ0n) is 14.9. The number of benzene rings is 1. The van der Waals surface area contributed by atoms with Gasteiger partial charge in [-0.15, -0.1) is 0 Å². The van der Waals surface area contributed by atoms with Gasteiger partial charge in [0.1, 0.15) is 5.69 Å². The Morgan fingerprint density at radius 1 is 0.963 bits per heavy atom. The molecule has 0 N–H and O–H groups in total. The maximum atomic E-state index is 13.0. The third kappa shape index (κ3) is 3.28. The van der Waals surface area contributed by atoms with Crippen LogP contribution in [-0.4, -0.2) is 65.7 Å². The number of carbonyl (C=O) groups is 3. The van der Waals surface area contributed by atoms with Crippen molar-refractivity contribution in [1.29, 1.82) is 0 Å². The van der Waals surface area contributed by atoms with E-state index in [0.717, 1.165) is 24.1 Å². The third-order valence-corrected chi connectivity index (χ3v) is 5.11. The molecule has 7 heteroatoms. The maximum Gasteiger partial charge on any atom is 0.272 e. The first-order valence-electron chi connectivity index (χ1n) is 9.02. The molecule has 1 aromatic carbocycles. The molecule has 3 amide bonds. The number of aromatic nitrogens is 1. The van der Waals surface area contributed by atoms with Crippen LogP contribution in [0.25, 0.3) is 0 Å². The topological polar surface area (TPSA) is 73.8 Å². The molecule has 4 rings (SSSR count). The summed E-state index contributed by atoms with van der Waals surface area (Å²) in [5.41, 5.74) is 2.80. The zero-order valence-corrected chi connectivity index (χ0v) is 14.9. The summed E-state index contributed by atoms with van der Waals surface area (Å²) < 4.78 is 0. The van der Waals surface area contributed by atoms with Crippen LogP contribution in [0.15, 0.2) is 42.6 Å². The van der Waals surface area contributed by atoms with Crippen LogP contribution in [0.5, 0.6) is 0 Å². The smallest absolute Gasteiger partial charge is 0.272 e. The van der Waals surface area contributed by atoms with Gasteiger partial charge in [0.05, 0.1) is 0 Å². The van der Waals surface area contributed by atoms with Gasteiger partial charge in [0.25, 0.3) is 11.8 Å². The normalized spacial score (nSPS) is 16.2. The molecule has 138 valence electrons. The lowest BCUT2D eigenvalue weighted by atomic mass is 10.1. The second kappa shape index (κ2) is 7.19. The van der Waals surface area contributed by atoms with Gasteiger partial charge in [0, 0.05) is 50.2 Å². The SMILES string of the molecule is O=CN1CCN(C(=O)c2cc(C(=O)N3CCc4ccccc43)ccn2)CC1. The fourth-order valence-corrected chi connectivity index (χ4v) is 3.58. The molecule has 1 fully saturated rings. The highest BCUT2D eigenvalue weighted by Crippen LogP contribution is 2.28. The van der Waals surface area contributed by atoms with E-state index in [9.17, 15) is 14.4 Å². The zero-order chi connectivity index (χ0) is 18.8. The minimum atomic E-state index is -0.211. The van der Waals surface area contributed by atoms with Gasteiger partial charge in [0.15, 0.2) is 0 Å². The van der Waals surface area contributed by atoms with E-state index in [1.165, 1.54) is 6.20 Å². The predicted molar refractivity (Wildman–Crippen MR) is 99.6 cm³/mol. The Hall–Kier alpha value is -3.22. The number of anilines is 1. The highest BCUT2D eigenvalue weighted by atomic mass is 16.2. The van der Waals surface area contributed by atoms with Gasteiger partial charge in [-0.25, -0.2) is 0 Å². The lowest BCUT2D eigenvalue weighted by Gasteiger charge is -2.32. The summed E-state index contributed by atoms with van der Waals surface area (Å²) in [4.78, 5) is 45.7. The minimum absolute atomic E-state index is 0.123. The number of hydrogen-bond acceptors (Lipinski definition) is 4. The lowest BCUT2D eigenvalue weighted by molar-refractivity contribution is -0.119. The van der Waals surface area contributed by atoms with Crippen molar-refractivity contribution in [2.24, 2.45) is 0 Å². The van der Waals surface area contributed by atoms with E-state index in [1.54, 1.807) is 26.8 Å². The summed E-state index contributed by atoms with van der Waals surface area (Å²) in [5, 5.41) is 0. The molecule has 0 unspecified atom stereocenters. The van der Waals surface area contributed by atoms with E-state index in [4.69, 9.17) is 0 Å². The molecular weight excluding hydrogens is 344 g/mol. The molecule has 0 radical (unpaired) electrons. The molecular formula is C20H20N4O3. The van der Waals surface area contributed by atoms with Crippen molar-refractivity contribution in [3.05, 3.63) is 59.4 Å². The molecule has 27 heavy (non-hydrogen) atoms. The summed E-state index contributed by atoms with van der Waals surface area (Å²) in [6.45, 7) is 2.60. The Labute approximate surface area is 157 Å². The number of hydrogen-bond donors (Lipinski definition) is 0. The molecule has 7 nitrogen and oxygen atoms in total. The molecule has 0 saturated carbocycles. The van der Waals surface area contributed by atoms with Crippen LogP contribution in [0.2, 0.25) is 0 Å². The number of nitrogens with zero attached hydrogens (tertiary/aromatic N) is 4. The van der Waals surface area contributed by atoms with Gasteiger partial charge in [0.2, 0.25) is 6.41 Å². The fourth-order valence-electron chi connectivity index (χ4n) is 3.58. The summed E-state index contributed by atoms with van der Waals surface area (Å²) in [6.07, 6.45) is 3.14. The van der Waals surface area contributed by atoms with Crippen LogP contribution in [-0.2, 0) is 11.2 Å². The van der Waals surface area contributed by atoms with Gasteiger partial charge in [-0.1, -0.05) is 18.2 Å². The number of piperazine rings is 1. The van der Waals surface area contributed by atoms with Crippen LogP contribution in [0.3, 0.4) is 0 Å². The molecule has 2 aliphatic rings. The Balaban J connectivity index is 1.52. The molecule has 2 aromatic rings. The van der Waals surface area contributed by atoms with Crippen LogP contribution in [0, 0.1) is 0 Å². The predicted octanol–water partition coefficient (Wildman–Crippen LogP) is 1.20. The number of rotatable bonds is 3. The van der Waals surface area contributed by atoms with Crippen LogP contribution >= 0.6 is 0 Å². The first-order chi connectivity index (χ1) is 13.2. The minimum Gasteiger partial charge on any atom is -0.342 e. The number of carbonyl (C=O) groups excluding carboxylic acids is 3. The molecule has 0 spiro atoms. The quantitative estimate of drug-likeness (QED) is 0.767. The summed E-state index contributed by atoms with van der Waals surface area (Å²) in [5.74, 6) is -0.334. The first kappa shape index (κ1) is 17.2. The second-order valence-corrected chi connectivity index (χ2v) is 6.70.